The zero-order valence-corrected chi connectivity index (χ0v) is 10.5. The summed E-state index contributed by atoms with van der Waals surface area (Å²) in [5.41, 5.74) is 10.1. The molecule has 88 valence electrons. The molecule has 0 saturated heterocycles. The molecule has 1 aliphatic rings. The Kier molecular flexibility index (Phi) is 3.20. The second-order valence-electron chi connectivity index (χ2n) is 5.07. The molecule has 0 fully saturated rings. The second kappa shape index (κ2) is 4.46. The number of fused-ring (bicyclic) bond motifs is 1. The predicted octanol–water partition coefficient (Wildman–Crippen LogP) is 2.87. The molecule has 0 saturated carbocycles. The maximum absolute atomic E-state index is 5.95. The van der Waals surface area contributed by atoms with E-state index in [2.05, 4.69) is 36.9 Å². The molecular formula is C14H22N2. The van der Waals surface area contributed by atoms with Crippen LogP contribution in [0.25, 0.3) is 0 Å². The van der Waals surface area contributed by atoms with Gasteiger partial charge in [0.05, 0.1) is 0 Å². The van der Waals surface area contributed by atoms with Gasteiger partial charge < -0.3 is 10.6 Å². The molecule has 1 unspecified atom stereocenters. The quantitative estimate of drug-likeness (QED) is 0.827. The summed E-state index contributed by atoms with van der Waals surface area (Å²) in [7, 11) is 0. The van der Waals surface area contributed by atoms with Crippen molar-refractivity contribution in [3.05, 3.63) is 29.3 Å². The van der Waals surface area contributed by atoms with Crippen molar-refractivity contribution in [2.45, 2.75) is 45.7 Å². The van der Waals surface area contributed by atoms with Gasteiger partial charge in [-0.2, -0.15) is 0 Å². The molecule has 1 aromatic carbocycles. The fourth-order valence-corrected chi connectivity index (χ4v) is 2.44. The third kappa shape index (κ3) is 2.07. The first-order valence-corrected chi connectivity index (χ1v) is 6.24. The van der Waals surface area contributed by atoms with Crippen molar-refractivity contribution in [3.8, 4) is 0 Å². The summed E-state index contributed by atoms with van der Waals surface area (Å²) in [4.78, 5) is 2.49. The molecule has 2 heteroatoms. The SMILES string of the molecule is CC(N)c1ccc2c(c1)N(C(C)C)CCC2. The van der Waals surface area contributed by atoms with E-state index in [1.165, 1.54) is 36.2 Å². The molecule has 1 heterocycles. The Bertz CT molecular complexity index is 369. The first kappa shape index (κ1) is 11.5. The van der Waals surface area contributed by atoms with Crippen LogP contribution in [0, 0.1) is 0 Å². The van der Waals surface area contributed by atoms with E-state index in [9.17, 15) is 0 Å². The smallest absolute Gasteiger partial charge is 0.0404 e. The van der Waals surface area contributed by atoms with Crippen molar-refractivity contribution < 1.29 is 0 Å². The monoisotopic (exact) mass is 218 g/mol. The Morgan fingerprint density at radius 1 is 1.25 bits per heavy atom. The average molecular weight is 218 g/mol. The van der Waals surface area contributed by atoms with E-state index < -0.39 is 0 Å². The first-order valence-electron chi connectivity index (χ1n) is 6.24. The predicted molar refractivity (Wildman–Crippen MR) is 69.8 cm³/mol. The molecule has 0 spiro atoms. The van der Waals surface area contributed by atoms with E-state index in [4.69, 9.17) is 5.73 Å². The lowest BCUT2D eigenvalue weighted by Crippen LogP contribution is -2.35. The van der Waals surface area contributed by atoms with Crippen molar-refractivity contribution in [1.29, 1.82) is 0 Å². The van der Waals surface area contributed by atoms with Gasteiger partial charge in [-0.05, 0) is 50.8 Å². The Labute approximate surface area is 98.4 Å². The van der Waals surface area contributed by atoms with Crippen molar-refractivity contribution in [2.24, 2.45) is 5.73 Å². The van der Waals surface area contributed by atoms with E-state index >= 15 is 0 Å². The van der Waals surface area contributed by atoms with Gasteiger partial charge in [0.2, 0.25) is 0 Å². The highest BCUT2D eigenvalue weighted by Gasteiger charge is 2.19. The molecule has 1 aromatic rings. The average Bonchev–Trinajstić information content (AvgIpc) is 2.27. The van der Waals surface area contributed by atoms with Crippen LogP contribution < -0.4 is 10.6 Å². The van der Waals surface area contributed by atoms with Crippen molar-refractivity contribution in [3.63, 3.8) is 0 Å². The fraction of sp³-hybridized carbons (Fsp3) is 0.571. The van der Waals surface area contributed by atoms with E-state index in [0.717, 1.165) is 0 Å². The minimum atomic E-state index is 0.126. The maximum Gasteiger partial charge on any atom is 0.0404 e. The molecule has 16 heavy (non-hydrogen) atoms. The van der Waals surface area contributed by atoms with Crippen molar-refractivity contribution in [2.75, 3.05) is 11.4 Å². The van der Waals surface area contributed by atoms with Crippen LogP contribution in [0.5, 0.6) is 0 Å². The minimum Gasteiger partial charge on any atom is -0.369 e. The number of anilines is 1. The Morgan fingerprint density at radius 2 is 2.00 bits per heavy atom. The molecule has 1 atom stereocenters. The van der Waals surface area contributed by atoms with Gasteiger partial charge in [0, 0.05) is 24.3 Å². The third-order valence-electron chi connectivity index (χ3n) is 3.41. The van der Waals surface area contributed by atoms with E-state index in [1.807, 2.05) is 6.92 Å². The summed E-state index contributed by atoms with van der Waals surface area (Å²) in [6, 6.07) is 7.40. The summed E-state index contributed by atoms with van der Waals surface area (Å²) < 4.78 is 0. The van der Waals surface area contributed by atoms with E-state index in [-0.39, 0.29) is 6.04 Å². The van der Waals surface area contributed by atoms with Gasteiger partial charge in [-0.25, -0.2) is 0 Å². The van der Waals surface area contributed by atoms with Crippen LogP contribution in [0.1, 0.15) is 44.4 Å². The van der Waals surface area contributed by atoms with Crippen molar-refractivity contribution >= 4 is 5.69 Å². The van der Waals surface area contributed by atoms with Gasteiger partial charge in [-0.3, -0.25) is 0 Å². The highest BCUT2D eigenvalue weighted by Crippen LogP contribution is 2.30. The van der Waals surface area contributed by atoms with E-state index in [1.54, 1.807) is 0 Å². The zero-order chi connectivity index (χ0) is 11.7. The lowest BCUT2D eigenvalue weighted by molar-refractivity contribution is 0.624. The van der Waals surface area contributed by atoms with Gasteiger partial charge in [-0.15, -0.1) is 0 Å². The molecule has 2 N–H and O–H groups in total. The largest absolute Gasteiger partial charge is 0.369 e. The number of hydrogen-bond donors (Lipinski definition) is 1. The number of hydrogen-bond acceptors (Lipinski definition) is 2. The molecule has 0 aliphatic carbocycles. The summed E-state index contributed by atoms with van der Waals surface area (Å²) in [5, 5.41) is 0. The molecular weight excluding hydrogens is 196 g/mol. The van der Waals surface area contributed by atoms with Gasteiger partial charge in [-0.1, -0.05) is 12.1 Å². The Balaban J connectivity index is 2.40. The summed E-state index contributed by atoms with van der Waals surface area (Å²) in [5.74, 6) is 0. The van der Waals surface area contributed by atoms with Crippen LogP contribution in [-0.2, 0) is 6.42 Å². The van der Waals surface area contributed by atoms with Gasteiger partial charge in [0.15, 0.2) is 0 Å². The molecule has 2 nitrogen and oxygen atoms in total. The van der Waals surface area contributed by atoms with Crippen LogP contribution in [0.15, 0.2) is 18.2 Å². The van der Waals surface area contributed by atoms with Crippen LogP contribution in [0.2, 0.25) is 0 Å². The molecule has 0 amide bonds. The summed E-state index contributed by atoms with van der Waals surface area (Å²) in [6.45, 7) is 7.73. The third-order valence-corrected chi connectivity index (χ3v) is 3.41. The summed E-state index contributed by atoms with van der Waals surface area (Å²) in [6.07, 6.45) is 2.47. The molecule has 0 aromatic heterocycles. The molecule has 1 aliphatic heterocycles. The number of aryl methyl sites for hydroxylation is 1. The highest BCUT2D eigenvalue weighted by molar-refractivity contribution is 5.58. The Morgan fingerprint density at radius 3 is 2.62 bits per heavy atom. The van der Waals surface area contributed by atoms with Crippen LogP contribution >= 0.6 is 0 Å². The van der Waals surface area contributed by atoms with Crippen LogP contribution in [0.4, 0.5) is 5.69 Å². The molecule has 2 rings (SSSR count). The van der Waals surface area contributed by atoms with Gasteiger partial charge in [0.1, 0.15) is 0 Å². The number of rotatable bonds is 2. The maximum atomic E-state index is 5.95. The highest BCUT2D eigenvalue weighted by atomic mass is 15.2. The number of nitrogens with two attached hydrogens (primary N) is 1. The minimum absolute atomic E-state index is 0.126. The van der Waals surface area contributed by atoms with Crippen LogP contribution in [-0.4, -0.2) is 12.6 Å². The van der Waals surface area contributed by atoms with E-state index in [0.29, 0.717) is 6.04 Å². The zero-order valence-electron chi connectivity index (χ0n) is 10.5. The Hall–Kier alpha value is -1.02. The van der Waals surface area contributed by atoms with Crippen LogP contribution in [0.3, 0.4) is 0 Å². The topological polar surface area (TPSA) is 29.3 Å². The fourth-order valence-electron chi connectivity index (χ4n) is 2.44. The second-order valence-corrected chi connectivity index (χ2v) is 5.07. The number of nitrogens with zero attached hydrogens (tertiary/aromatic N) is 1. The summed E-state index contributed by atoms with van der Waals surface area (Å²) >= 11 is 0. The van der Waals surface area contributed by atoms with Gasteiger partial charge >= 0.3 is 0 Å². The van der Waals surface area contributed by atoms with Gasteiger partial charge in [0.25, 0.3) is 0 Å². The standard InChI is InChI=1S/C14H22N2/c1-10(2)16-8-4-5-12-6-7-13(11(3)15)9-14(12)16/h6-7,9-11H,4-5,8,15H2,1-3H3. The molecule has 0 radical (unpaired) electrons. The molecule has 0 bridgehead atoms. The first-order chi connectivity index (χ1) is 7.59. The lowest BCUT2D eigenvalue weighted by Gasteiger charge is -2.35. The van der Waals surface area contributed by atoms with Crippen molar-refractivity contribution in [1.82, 2.24) is 0 Å². The lowest BCUT2D eigenvalue weighted by atomic mass is 9.96. The normalized spacial score (nSPS) is 17.4. The number of benzene rings is 1.